The molecular formula is C30H36F2N4O3. The van der Waals surface area contributed by atoms with E-state index in [2.05, 4.69) is 16.9 Å². The molecule has 0 bridgehead atoms. The first-order chi connectivity index (χ1) is 18.8. The summed E-state index contributed by atoms with van der Waals surface area (Å²) in [5.74, 6) is -2.93. The van der Waals surface area contributed by atoms with Gasteiger partial charge in [0.25, 0.3) is 0 Å². The lowest BCUT2D eigenvalue weighted by Crippen LogP contribution is -2.63. The van der Waals surface area contributed by atoms with E-state index in [1.807, 2.05) is 12.1 Å². The van der Waals surface area contributed by atoms with Gasteiger partial charge in [-0.2, -0.15) is 0 Å². The first-order valence-corrected chi connectivity index (χ1v) is 13.4. The highest BCUT2D eigenvalue weighted by Gasteiger charge is 2.50. The lowest BCUT2D eigenvalue weighted by Gasteiger charge is -2.52. The number of ether oxygens (including phenoxy) is 1. The van der Waals surface area contributed by atoms with Gasteiger partial charge in [-0.15, -0.1) is 0 Å². The number of carbonyl (C=O) groups excluding carboxylic acids is 2. The Bertz CT molecular complexity index is 1240. The fraction of sp³-hybridized carbons (Fsp3) is 0.433. The summed E-state index contributed by atoms with van der Waals surface area (Å²) in [5, 5.41) is 0. The average Bonchev–Trinajstić information content (AvgIpc) is 3.41. The normalized spacial score (nSPS) is 15.8. The van der Waals surface area contributed by atoms with Crippen LogP contribution >= 0.6 is 0 Å². The molecular weight excluding hydrogens is 502 g/mol. The number of nitrogens with two attached hydrogens (primary N) is 1. The van der Waals surface area contributed by atoms with Crippen molar-refractivity contribution in [1.82, 2.24) is 14.9 Å². The van der Waals surface area contributed by atoms with E-state index in [1.54, 1.807) is 30.3 Å². The molecule has 1 aliphatic rings. The van der Waals surface area contributed by atoms with Crippen molar-refractivity contribution in [2.75, 3.05) is 20.2 Å². The van der Waals surface area contributed by atoms with Crippen molar-refractivity contribution in [2.24, 2.45) is 17.6 Å². The molecule has 3 N–H and O–H groups in total. The number of aromatic nitrogens is 2. The minimum Gasteiger partial charge on any atom is -0.497 e. The molecule has 1 aliphatic heterocycles. The second-order valence-corrected chi connectivity index (χ2v) is 10.5. The van der Waals surface area contributed by atoms with Crippen molar-refractivity contribution in [1.29, 1.82) is 0 Å². The number of H-pyrrole nitrogens is 1. The van der Waals surface area contributed by atoms with Gasteiger partial charge in [-0.3, -0.25) is 9.59 Å². The van der Waals surface area contributed by atoms with E-state index < -0.39 is 34.8 Å². The van der Waals surface area contributed by atoms with E-state index >= 15 is 0 Å². The Kier molecular flexibility index (Phi) is 8.99. The van der Waals surface area contributed by atoms with Gasteiger partial charge in [-0.1, -0.05) is 44.4 Å². The topological polar surface area (TPSA) is 101 Å². The van der Waals surface area contributed by atoms with Crippen molar-refractivity contribution >= 4 is 11.8 Å². The van der Waals surface area contributed by atoms with Crippen LogP contribution in [0, 0.1) is 23.5 Å². The SMILES string of the molecule is CCCCCC1(c2c(F)cccc2F)CN(C(=O)[C@H](Cc2ccc(OC)cc2)C(Cc2cnc[nH]2)C(N)=O)C1. The molecule has 39 heavy (non-hydrogen) atoms. The Balaban J connectivity index is 1.63. The summed E-state index contributed by atoms with van der Waals surface area (Å²) in [5.41, 5.74) is 6.63. The number of hydrogen-bond donors (Lipinski definition) is 2. The molecule has 2 aromatic carbocycles. The van der Waals surface area contributed by atoms with Crippen molar-refractivity contribution in [3.05, 3.63) is 83.4 Å². The third-order valence-electron chi connectivity index (χ3n) is 7.83. The van der Waals surface area contributed by atoms with Crippen LogP contribution in [0.4, 0.5) is 8.78 Å². The molecule has 1 saturated heterocycles. The lowest BCUT2D eigenvalue weighted by atomic mass is 9.68. The number of nitrogens with one attached hydrogen (secondary N) is 1. The number of imidazole rings is 1. The highest BCUT2D eigenvalue weighted by molar-refractivity contribution is 5.88. The Morgan fingerprint density at radius 2 is 1.77 bits per heavy atom. The van der Waals surface area contributed by atoms with Gasteiger partial charge in [0, 0.05) is 42.4 Å². The number of hydrogen-bond acceptors (Lipinski definition) is 4. The number of rotatable bonds is 13. The van der Waals surface area contributed by atoms with Crippen LogP contribution in [0.3, 0.4) is 0 Å². The third-order valence-corrected chi connectivity index (χ3v) is 7.83. The molecule has 2 atom stereocenters. The molecule has 7 nitrogen and oxygen atoms in total. The zero-order valence-electron chi connectivity index (χ0n) is 22.5. The highest BCUT2D eigenvalue weighted by Crippen LogP contribution is 2.43. The molecule has 2 amide bonds. The second kappa shape index (κ2) is 12.4. The van der Waals surface area contributed by atoms with E-state index in [0.717, 1.165) is 24.8 Å². The maximum absolute atomic E-state index is 14.9. The van der Waals surface area contributed by atoms with Crippen LogP contribution in [0.2, 0.25) is 0 Å². The summed E-state index contributed by atoms with van der Waals surface area (Å²) < 4.78 is 35.1. The van der Waals surface area contributed by atoms with Gasteiger partial charge in [0.15, 0.2) is 0 Å². The highest BCUT2D eigenvalue weighted by atomic mass is 19.1. The molecule has 1 unspecified atom stereocenters. The summed E-state index contributed by atoms with van der Waals surface area (Å²) in [7, 11) is 1.57. The van der Waals surface area contributed by atoms with E-state index in [1.165, 1.54) is 24.5 Å². The smallest absolute Gasteiger partial charge is 0.226 e. The first kappa shape index (κ1) is 28.3. The first-order valence-electron chi connectivity index (χ1n) is 13.4. The number of likely N-dealkylation sites (tertiary alicyclic amines) is 1. The van der Waals surface area contributed by atoms with Gasteiger partial charge < -0.3 is 20.4 Å². The third kappa shape index (κ3) is 6.29. The van der Waals surface area contributed by atoms with Crippen LogP contribution in [-0.2, 0) is 27.8 Å². The summed E-state index contributed by atoms with van der Waals surface area (Å²) in [6, 6.07) is 11.2. The lowest BCUT2D eigenvalue weighted by molar-refractivity contribution is -0.148. The van der Waals surface area contributed by atoms with Gasteiger partial charge >= 0.3 is 0 Å². The summed E-state index contributed by atoms with van der Waals surface area (Å²) >= 11 is 0. The predicted octanol–water partition coefficient (Wildman–Crippen LogP) is 4.56. The molecule has 0 aliphatic carbocycles. The average molecular weight is 539 g/mol. The van der Waals surface area contributed by atoms with E-state index in [4.69, 9.17) is 10.5 Å². The molecule has 4 rings (SSSR count). The number of nitrogens with zero attached hydrogens (tertiary/aromatic N) is 2. The van der Waals surface area contributed by atoms with Crippen molar-refractivity contribution < 1.29 is 23.1 Å². The Labute approximate surface area is 227 Å². The van der Waals surface area contributed by atoms with Crippen molar-refractivity contribution in [3.63, 3.8) is 0 Å². The number of aromatic amines is 1. The molecule has 2 heterocycles. The zero-order chi connectivity index (χ0) is 28.0. The Morgan fingerprint density at radius 1 is 1.08 bits per heavy atom. The number of unbranched alkanes of at least 4 members (excludes halogenated alkanes) is 2. The summed E-state index contributed by atoms with van der Waals surface area (Å²) in [6.07, 6.45) is 6.88. The monoisotopic (exact) mass is 538 g/mol. The molecule has 1 aromatic heterocycles. The molecule has 0 radical (unpaired) electrons. The Hall–Kier alpha value is -3.75. The van der Waals surface area contributed by atoms with Crippen LogP contribution in [0.5, 0.6) is 5.75 Å². The van der Waals surface area contributed by atoms with E-state index in [0.29, 0.717) is 17.9 Å². The molecule has 9 heteroatoms. The maximum atomic E-state index is 14.9. The summed E-state index contributed by atoms with van der Waals surface area (Å²) in [6.45, 7) is 2.44. The van der Waals surface area contributed by atoms with Gasteiger partial charge in [-0.25, -0.2) is 13.8 Å². The number of amides is 2. The Morgan fingerprint density at radius 3 is 2.33 bits per heavy atom. The molecule has 3 aromatic rings. The van der Waals surface area contributed by atoms with Crippen LogP contribution in [0.15, 0.2) is 55.0 Å². The molecule has 1 fully saturated rings. The van der Waals surface area contributed by atoms with Gasteiger partial charge in [0.2, 0.25) is 11.8 Å². The summed E-state index contributed by atoms with van der Waals surface area (Å²) in [4.78, 5) is 35.4. The number of methoxy groups -OCH3 is 1. The van der Waals surface area contributed by atoms with Gasteiger partial charge in [0.1, 0.15) is 17.4 Å². The van der Waals surface area contributed by atoms with Crippen LogP contribution < -0.4 is 10.5 Å². The predicted molar refractivity (Wildman–Crippen MR) is 144 cm³/mol. The standard InChI is InChI=1S/C30H36F2N4O3/c1-3-4-5-13-30(27-25(31)7-6-8-26(27)32)17-36(18-30)29(38)24(14-20-9-11-22(39-2)12-10-20)23(28(33)37)15-21-16-34-19-35-21/h6-12,16,19,23-24H,3-5,13-15,17-18H2,1-2H3,(H2,33,37)(H,34,35)/t23?,24-/m1/s1. The van der Waals surface area contributed by atoms with E-state index in [9.17, 15) is 18.4 Å². The van der Waals surface area contributed by atoms with Crippen LogP contribution in [-0.4, -0.2) is 46.9 Å². The molecule has 208 valence electrons. The fourth-order valence-corrected chi connectivity index (χ4v) is 5.73. The zero-order valence-corrected chi connectivity index (χ0v) is 22.5. The quantitative estimate of drug-likeness (QED) is 0.312. The molecule has 0 saturated carbocycles. The number of primary amides is 1. The van der Waals surface area contributed by atoms with Crippen LogP contribution in [0.25, 0.3) is 0 Å². The van der Waals surface area contributed by atoms with Crippen molar-refractivity contribution in [2.45, 2.75) is 50.9 Å². The van der Waals surface area contributed by atoms with E-state index in [-0.39, 0.29) is 37.4 Å². The van der Waals surface area contributed by atoms with Crippen molar-refractivity contribution in [3.8, 4) is 5.75 Å². The van der Waals surface area contributed by atoms with Gasteiger partial charge in [0.05, 0.1) is 25.3 Å². The minimum absolute atomic E-state index is 0.0424. The molecule has 0 spiro atoms. The number of benzene rings is 2. The maximum Gasteiger partial charge on any atom is 0.226 e. The van der Waals surface area contributed by atoms with Crippen LogP contribution in [0.1, 0.15) is 49.4 Å². The second-order valence-electron chi connectivity index (χ2n) is 10.5. The number of halogens is 2. The fourth-order valence-electron chi connectivity index (χ4n) is 5.73. The van der Waals surface area contributed by atoms with Gasteiger partial charge in [-0.05, 0) is 42.7 Å². The largest absolute Gasteiger partial charge is 0.497 e. The number of carbonyl (C=O) groups is 2. The minimum atomic E-state index is -0.809.